The van der Waals surface area contributed by atoms with Gasteiger partial charge in [0, 0.05) is 20.6 Å². The molecular formula is C17H11BrClN5O. The molecule has 4 aromatic rings. The van der Waals surface area contributed by atoms with Crippen LogP contribution in [-0.4, -0.2) is 25.2 Å². The average Bonchev–Trinajstić information content (AvgIpc) is 3.27. The molecule has 4 rings (SSSR count). The van der Waals surface area contributed by atoms with Crippen LogP contribution >= 0.6 is 27.5 Å². The fourth-order valence-electron chi connectivity index (χ4n) is 2.27. The number of tetrazole rings is 1. The number of rotatable bonds is 4. The molecule has 0 spiro atoms. The van der Waals surface area contributed by atoms with Gasteiger partial charge in [0.25, 0.3) is 0 Å². The van der Waals surface area contributed by atoms with Crippen LogP contribution < -0.4 is 0 Å². The van der Waals surface area contributed by atoms with Crippen LogP contribution in [0.1, 0.15) is 5.69 Å². The Labute approximate surface area is 156 Å². The zero-order valence-electron chi connectivity index (χ0n) is 12.8. The van der Waals surface area contributed by atoms with E-state index in [1.165, 1.54) is 4.80 Å². The van der Waals surface area contributed by atoms with E-state index in [4.69, 9.17) is 16.0 Å². The molecule has 2 aromatic heterocycles. The Morgan fingerprint density at radius 2 is 1.72 bits per heavy atom. The van der Waals surface area contributed by atoms with Crippen molar-refractivity contribution in [3.05, 3.63) is 70.0 Å². The van der Waals surface area contributed by atoms with Gasteiger partial charge in [-0.15, -0.1) is 10.2 Å². The second-order valence-corrected chi connectivity index (χ2v) is 6.65. The van der Waals surface area contributed by atoms with Crippen molar-refractivity contribution in [1.29, 1.82) is 0 Å². The molecule has 2 aromatic carbocycles. The largest absolute Gasteiger partial charge is 0.444 e. The van der Waals surface area contributed by atoms with Crippen molar-refractivity contribution in [1.82, 2.24) is 25.2 Å². The van der Waals surface area contributed by atoms with Crippen LogP contribution in [0, 0.1) is 0 Å². The summed E-state index contributed by atoms with van der Waals surface area (Å²) in [5, 5.41) is 13.2. The van der Waals surface area contributed by atoms with Crippen LogP contribution in [0.5, 0.6) is 0 Å². The fourth-order valence-corrected chi connectivity index (χ4v) is 2.66. The molecule has 25 heavy (non-hydrogen) atoms. The highest BCUT2D eigenvalue weighted by Crippen LogP contribution is 2.21. The quantitative estimate of drug-likeness (QED) is 0.491. The van der Waals surface area contributed by atoms with Gasteiger partial charge in [-0.25, -0.2) is 4.98 Å². The summed E-state index contributed by atoms with van der Waals surface area (Å²) in [5.41, 5.74) is 2.47. The Kier molecular flexibility index (Phi) is 4.33. The van der Waals surface area contributed by atoms with E-state index in [0.29, 0.717) is 29.0 Å². The molecule has 6 nitrogen and oxygen atoms in total. The van der Waals surface area contributed by atoms with E-state index in [9.17, 15) is 0 Å². The van der Waals surface area contributed by atoms with Crippen molar-refractivity contribution in [3.63, 3.8) is 0 Å². The molecule has 0 unspecified atom stereocenters. The second kappa shape index (κ2) is 6.78. The van der Waals surface area contributed by atoms with E-state index >= 15 is 0 Å². The van der Waals surface area contributed by atoms with Gasteiger partial charge in [0.05, 0.1) is 0 Å². The number of nitrogens with zero attached hydrogens (tertiary/aromatic N) is 5. The summed E-state index contributed by atoms with van der Waals surface area (Å²) in [7, 11) is 0. The lowest BCUT2D eigenvalue weighted by Crippen LogP contribution is -2.04. The zero-order chi connectivity index (χ0) is 17.2. The Bertz CT molecular complexity index is 913. The molecule has 0 aliphatic heterocycles. The molecule has 0 atom stereocenters. The number of aromatic nitrogens is 5. The summed E-state index contributed by atoms with van der Waals surface area (Å²) in [6.07, 6.45) is 1.59. The van der Waals surface area contributed by atoms with Crippen molar-refractivity contribution in [3.8, 4) is 22.8 Å². The lowest BCUT2D eigenvalue weighted by atomic mass is 10.2. The minimum absolute atomic E-state index is 0.376. The van der Waals surface area contributed by atoms with Gasteiger partial charge in [-0.3, -0.25) is 0 Å². The number of oxazole rings is 1. The van der Waals surface area contributed by atoms with Crippen LogP contribution in [0.2, 0.25) is 5.02 Å². The SMILES string of the molecule is Clc1ccc(-c2nc(Cn3nnc(-c4ccc(Br)cc4)n3)co2)cc1. The summed E-state index contributed by atoms with van der Waals surface area (Å²) in [6.45, 7) is 0.376. The zero-order valence-corrected chi connectivity index (χ0v) is 15.1. The Hall–Kier alpha value is -2.51. The molecule has 0 N–H and O–H groups in total. The van der Waals surface area contributed by atoms with E-state index < -0.39 is 0 Å². The summed E-state index contributed by atoms with van der Waals surface area (Å²) in [5.74, 6) is 1.09. The molecule has 0 radical (unpaired) electrons. The summed E-state index contributed by atoms with van der Waals surface area (Å²) in [4.78, 5) is 5.94. The fraction of sp³-hybridized carbons (Fsp3) is 0.0588. The number of benzene rings is 2. The lowest BCUT2D eigenvalue weighted by molar-refractivity contribution is 0.550. The smallest absolute Gasteiger partial charge is 0.226 e. The van der Waals surface area contributed by atoms with E-state index in [2.05, 4.69) is 36.3 Å². The van der Waals surface area contributed by atoms with Crippen LogP contribution in [-0.2, 0) is 6.54 Å². The Morgan fingerprint density at radius 1 is 1.00 bits per heavy atom. The normalized spacial score (nSPS) is 11.0. The van der Waals surface area contributed by atoms with Crippen LogP contribution in [0.25, 0.3) is 22.8 Å². The van der Waals surface area contributed by atoms with Gasteiger partial charge in [-0.2, -0.15) is 4.80 Å². The minimum atomic E-state index is 0.376. The highest BCUT2D eigenvalue weighted by atomic mass is 79.9. The first kappa shape index (κ1) is 16.0. The molecule has 0 aliphatic carbocycles. The highest BCUT2D eigenvalue weighted by molar-refractivity contribution is 9.10. The van der Waals surface area contributed by atoms with Gasteiger partial charge in [-0.05, 0) is 53.7 Å². The van der Waals surface area contributed by atoms with Crippen LogP contribution in [0.3, 0.4) is 0 Å². The van der Waals surface area contributed by atoms with Gasteiger partial charge in [-0.1, -0.05) is 27.5 Å². The van der Waals surface area contributed by atoms with Crippen molar-refractivity contribution in [2.75, 3.05) is 0 Å². The van der Waals surface area contributed by atoms with E-state index in [1.807, 2.05) is 36.4 Å². The molecule has 0 saturated heterocycles. The van der Waals surface area contributed by atoms with Gasteiger partial charge in [0.1, 0.15) is 18.5 Å². The van der Waals surface area contributed by atoms with Crippen molar-refractivity contribution >= 4 is 27.5 Å². The maximum absolute atomic E-state index is 5.89. The molecule has 0 saturated carbocycles. The third-order valence-electron chi connectivity index (χ3n) is 3.50. The van der Waals surface area contributed by atoms with Gasteiger partial charge < -0.3 is 4.42 Å². The lowest BCUT2D eigenvalue weighted by Gasteiger charge is -1.95. The summed E-state index contributed by atoms with van der Waals surface area (Å²) in [6, 6.07) is 15.0. The first-order valence-electron chi connectivity index (χ1n) is 7.41. The molecule has 0 aliphatic rings. The molecule has 0 amide bonds. The summed E-state index contributed by atoms with van der Waals surface area (Å²) >= 11 is 9.30. The first-order chi connectivity index (χ1) is 12.2. The molecule has 2 heterocycles. The van der Waals surface area contributed by atoms with E-state index in [0.717, 1.165) is 15.6 Å². The average molecular weight is 417 g/mol. The molecule has 0 bridgehead atoms. The molecule has 124 valence electrons. The number of hydrogen-bond acceptors (Lipinski definition) is 5. The predicted molar refractivity (Wildman–Crippen MR) is 97.0 cm³/mol. The monoisotopic (exact) mass is 415 g/mol. The Balaban J connectivity index is 1.51. The van der Waals surface area contributed by atoms with Gasteiger partial charge >= 0.3 is 0 Å². The van der Waals surface area contributed by atoms with Gasteiger partial charge in [0.2, 0.25) is 11.7 Å². The number of halogens is 2. The maximum atomic E-state index is 5.89. The standard InChI is InChI=1S/C17H11BrClN5O/c18-13-5-1-11(2-6-13)16-21-23-24(22-16)9-15-10-25-17(20-15)12-3-7-14(19)8-4-12/h1-8,10H,9H2. The summed E-state index contributed by atoms with van der Waals surface area (Å²) < 4.78 is 6.52. The minimum Gasteiger partial charge on any atom is -0.444 e. The Morgan fingerprint density at radius 3 is 2.48 bits per heavy atom. The van der Waals surface area contributed by atoms with Crippen molar-refractivity contribution in [2.45, 2.75) is 6.54 Å². The van der Waals surface area contributed by atoms with E-state index in [1.54, 1.807) is 18.4 Å². The topological polar surface area (TPSA) is 69.6 Å². The van der Waals surface area contributed by atoms with E-state index in [-0.39, 0.29) is 0 Å². The molecular weight excluding hydrogens is 406 g/mol. The van der Waals surface area contributed by atoms with Crippen LogP contribution in [0.15, 0.2) is 63.7 Å². The maximum Gasteiger partial charge on any atom is 0.226 e. The van der Waals surface area contributed by atoms with Crippen LogP contribution in [0.4, 0.5) is 0 Å². The predicted octanol–water partition coefficient (Wildman–Crippen LogP) is 4.46. The molecule has 0 fully saturated rings. The third kappa shape index (κ3) is 3.62. The van der Waals surface area contributed by atoms with Crippen molar-refractivity contribution < 1.29 is 4.42 Å². The molecule has 8 heteroatoms. The highest BCUT2D eigenvalue weighted by Gasteiger charge is 2.10. The van der Waals surface area contributed by atoms with Gasteiger partial charge in [0.15, 0.2) is 0 Å². The third-order valence-corrected chi connectivity index (χ3v) is 4.28. The van der Waals surface area contributed by atoms with Crippen molar-refractivity contribution in [2.24, 2.45) is 0 Å². The first-order valence-corrected chi connectivity index (χ1v) is 8.58. The number of hydrogen-bond donors (Lipinski definition) is 0. The second-order valence-electron chi connectivity index (χ2n) is 5.30.